The zero-order chi connectivity index (χ0) is 15.2. The summed E-state index contributed by atoms with van der Waals surface area (Å²) in [5.41, 5.74) is 1.98. The number of aryl methyl sites for hydroxylation is 1. The molecular weight excluding hydrogens is 274 g/mol. The summed E-state index contributed by atoms with van der Waals surface area (Å²) in [6.07, 6.45) is 0.610. The Bertz CT molecular complexity index is 610. The molecule has 2 N–H and O–H groups in total. The maximum atomic E-state index is 12.0. The van der Waals surface area contributed by atoms with Crippen molar-refractivity contribution in [2.24, 2.45) is 5.92 Å². The normalized spacial score (nSPS) is 11.1. The van der Waals surface area contributed by atoms with E-state index in [0.717, 1.165) is 5.56 Å². The van der Waals surface area contributed by atoms with E-state index < -0.39 is 10.0 Å². The van der Waals surface area contributed by atoms with Crippen LogP contribution in [-0.2, 0) is 10.0 Å². The average molecular weight is 295 g/mol. The number of benzene rings is 1. The number of rotatable bonds is 5. The third-order valence-electron chi connectivity index (χ3n) is 2.71. The highest BCUT2D eigenvalue weighted by atomic mass is 32.2. The lowest BCUT2D eigenvalue weighted by Crippen LogP contribution is -2.18. The van der Waals surface area contributed by atoms with Gasteiger partial charge in [-0.2, -0.15) is 0 Å². The molecule has 0 aromatic heterocycles. The molecule has 0 radical (unpaired) electrons. The highest BCUT2D eigenvalue weighted by molar-refractivity contribution is 7.92. The fraction of sp³-hybridized carbons (Fsp3) is 0.467. The molecule has 0 aliphatic heterocycles. The summed E-state index contributed by atoms with van der Waals surface area (Å²) in [6, 6.07) is 5.35. The molecule has 20 heavy (non-hydrogen) atoms. The van der Waals surface area contributed by atoms with Gasteiger partial charge in [0, 0.05) is 5.56 Å². The van der Waals surface area contributed by atoms with E-state index >= 15 is 0 Å². The molecule has 0 saturated carbocycles. The fourth-order valence-electron chi connectivity index (χ4n) is 1.60. The molecule has 0 unspecified atom stereocenters. The van der Waals surface area contributed by atoms with E-state index in [2.05, 4.69) is 16.6 Å². The van der Waals surface area contributed by atoms with Crippen molar-refractivity contribution in [2.75, 3.05) is 17.1 Å². The lowest BCUT2D eigenvalue weighted by Gasteiger charge is -2.11. The second-order valence-electron chi connectivity index (χ2n) is 5.11. The van der Waals surface area contributed by atoms with Crippen LogP contribution in [0.15, 0.2) is 18.2 Å². The van der Waals surface area contributed by atoms with Crippen molar-refractivity contribution in [1.29, 1.82) is 0 Å². The Morgan fingerprint density at radius 1 is 1.35 bits per heavy atom. The van der Waals surface area contributed by atoms with Crippen LogP contribution in [0.25, 0.3) is 0 Å². The molecule has 0 fully saturated rings. The summed E-state index contributed by atoms with van der Waals surface area (Å²) in [6.45, 7) is 5.60. The molecule has 0 bridgehead atoms. The Morgan fingerprint density at radius 3 is 2.65 bits per heavy atom. The van der Waals surface area contributed by atoms with Crippen LogP contribution >= 0.6 is 0 Å². The van der Waals surface area contributed by atoms with Gasteiger partial charge in [-0.25, -0.2) is 8.42 Å². The van der Waals surface area contributed by atoms with Crippen LogP contribution < -0.4 is 4.72 Å². The molecule has 1 rings (SSSR count). The molecule has 0 aliphatic carbocycles. The predicted molar refractivity (Wildman–Crippen MR) is 82.0 cm³/mol. The summed E-state index contributed by atoms with van der Waals surface area (Å²) in [5, 5.41) is 8.74. The molecule has 0 saturated heterocycles. The first kappa shape index (κ1) is 16.5. The Morgan fingerprint density at radius 2 is 2.05 bits per heavy atom. The minimum atomic E-state index is -3.37. The van der Waals surface area contributed by atoms with E-state index in [0.29, 0.717) is 23.6 Å². The van der Waals surface area contributed by atoms with Gasteiger partial charge in [0.05, 0.1) is 11.4 Å². The maximum absolute atomic E-state index is 12.0. The van der Waals surface area contributed by atoms with Gasteiger partial charge in [-0.15, -0.1) is 0 Å². The molecule has 1 aromatic carbocycles. The van der Waals surface area contributed by atoms with Crippen molar-refractivity contribution in [3.05, 3.63) is 29.3 Å². The fourth-order valence-corrected chi connectivity index (χ4v) is 2.98. The average Bonchev–Trinajstić information content (AvgIpc) is 2.35. The smallest absolute Gasteiger partial charge is 0.232 e. The molecule has 5 heteroatoms. The van der Waals surface area contributed by atoms with Crippen LogP contribution in [0.5, 0.6) is 0 Å². The standard InChI is InChI=1S/C15H21NO3S/c1-12(2)8-10-20(18,19)16-15-11-13(3)6-7-14(15)5-4-9-17/h6-7,11-12,16-17H,8-10H2,1-3H3. The number of hydrogen-bond acceptors (Lipinski definition) is 3. The van der Waals surface area contributed by atoms with Crippen LogP contribution in [0.1, 0.15) is 31.4 Å². The van der Waals surface area contributed by atoms with Gasteiger partial charge in [-0.3, -0.25) is 4.72 Å². The molecule has 0 amide bonds. The first-order chi connectivity index (χ1) is 9.34. The molecule has 0 spiro atoms. The summed E-state index contributed by atoms with van der Waals surface area (Å²) < 4.78 is 26.6. The number of aliphatic hydroxyl groups excluding tert-OH is 1. The van der Waals surface area contributed by atoms with Gasteiger partial charge in [0.25, 0.3) is 0 Å². The molecule has 0 heterocycles. The largest absolute Gasteiger partial charge is 0.384 e. The number of anilines is 1. The lowest BCUT2D eigenvalue weighted by molar-refractivity contribution is 0.350. The van der Waals surface area contributed by atoms with Crippen LogP contribution in [0, 0.1) is 24.7 Å². The van der Waals surface area contributed by atoms with Crippen LogP contribution in [0.2, 0.25) is 0 Å². The SMILES string of the molecule is Cc1ccc(C#CCO)c(NS(=O)(=O)CCC(C)C)c1. The number of nitrogens with one attached hydrogen (secondary N) is 1. The van der Waals surface area contributed by atoms with Crippen molar-refractivity contribution in [3.63, 3.8) is 0 Å². The number of hydrogen-bond donors (Lipinski definition) is 2. The van der Waals surface area contributed by atoms with Crippen LogP contribution in [0.3, 0.4) is 0 Å². The van der Waals surface area contributed by atoms with Gasteiger partial charge in [0.2, 0.25) is 10.0 Å². The lowest BCUT2D eigenvalue weighted by atomic mass is 10.1. The summed E-state index contributed by atoms with van der Waals surface area (Å²) in [5.74, 6) is 5.70. The number of sulfonamides is 1. The van der Waals surface area contributed by atoms with Gasteiger partial charge in [-0.05, 0) is 37.0 Å². The van der Waals surface area contributed by atoms with Gasteiger partial charge >= 0.3 is 0 Å². The van der Waals surface area contributed by atoms with Gasteiger partial charge in [0.15, 0.2) is 0 Å². The van der Waals surface area contributed by atoms with E-state index in [-0.39, 0.29) is 12.4 Å². The van der Waals surface area contributed by atoms with Gasteiger partial charge in [0.1, 0.15) is 6.61 Å². The van der Waals surface area contributed by atoms with Crippen molar-refractivity contribution >= 4 is 15.7 Å². The minimum Gasteiger partial charge on any atom is -0.384 e. The monoisotopic (exact) mass is 295 g/mol. The van der Waals surface area contributed by atoms with Crippen LogP contribution in [-0.4, -0.2) is 25.9 Å². The Kier molecular flexibility index (Phi) is 6.05. The molecule has 0 aliphatic rings. The van der Waals surface area contributed by atoms with E-state index in [1.165, 1.54) is 0 Å². The quantitative estimate of drug-likeness (QED) is 0.818. The highest BCUT2D eigenvalue weighted by Crippen LogP contribution is 2.19. The molecule has 1 aromatic rings. The Labute approximate surface area is 121 Å². The summed E-state index contributed by atoms with van der Waals surface area (Å²) in [7, 11) is -3.37. The molecule has 110 valence electrons. The summed E-state index contributed by atoms with van der Waals surface area (Å²) >= 11 is 0. The summed E-state index contributed by atoms with van der Waals surface area (Å²) in [4.78, 5) is 0. The third-order valence-corrected chi connectivity index (χ3v) is 4.01. The molecule has 4 nitrogen and oxygen atoms in total. The second-order valence-corrected chi connectivity index (χ2v) is 6.95. The molecule has 0 atom stereocenters. The maximum Gasteiger partial charge on any atom is 0.232 e. The van der Waals surface area contributed by atoms with Crippen molar-refractivity contribution in [1.82, 2.24) is 0 Å². The minimum absolute atomic E-state index is 0.0888. The molecular formula is C15H21NO3S. The Hall–Kier alpha value is -1.51. The topological polar surface area (TPSA) is 66.4 Å². The van der Waals surface area contributed by atoms with E-state index in [4.69, 9.17) is 5.11 Å². The zero-order valence-corrected chi connectivity index (χ0v) is 12.9. The van der Waals surface area contributed by atoms with Crippen LogP contribution in [0.4, 0.5) is 5.69 Å². The van der Waals surface area contributed by atoms with Crippen molar-refractivity contribution < 1.29 is 13.5 Å². The second kappa shape index (κ2) is 7.32. The predicted octanol–water partition coefficient (Wildman–Crippen LogP) is 2.13. The third kappa shape index (κ3) is 5.64. The van der Waals surface area contributed by atoms with Crippen molar-refractivity contribution in [3.8, 4) is 11.8 Å². The Balaban J connectivity index is 2.98. The van der Waals surface area contributed by atoms with E-state index in [1.807, 2.05) is 26.8 Å². The van der Waals surface area contributed by atoms with Gasteiger partial charge in [-0.1, -0.05) is 31.8 Å². The number of aliphatic hydroxyl groups is 1. The first-order valence-corrected chi connectivity index (χ1v) is 8.20. The van der Waals surface area contributed by atoms with Crippen molar-refractivity contribution in [2.45, 2.75) is 27.2 Å². The first-order valence-electron chi connectivity index (χ1n) is 6.55. The van der Waals surface area contributed by atoms with Gasteiger partial charge < -0.3 is 5.11 Å². The highest BCUT2D eigenvalue weighted by Gasteiger charge is 2.13. The van der Waals surface area contributed by atoms with E-state index in [1.54, 1.807) is 12.1 Å². The zero-order valence-electron chi connectivity index (χ0n) is 12.1. The van der Waals surface area contributed by atoms with E-state index in [9.17, 15) is 8.42 Å².